The Morgan fingerprint density at radius 3 is 1.93 bits per heavy atom. The van der Waals surface area contributed by atoms with Gasteiger partial charge in [0.15, 0.2) is 30.0 Å². The molecule has 0 aromatic heterocycles. The van der Waals surface area contributed by atoms with Gasteiger partial charge in [-0.1, -0.05) is 19.1 Å². The molecular formula is C30H38O15. The zero-order chi connectivity index (χ0) is 33.6. The van der Waals surface area contributed by atoms with Crippen LogP contribution in [0.4, 0.5) is 0 Å². The van der Waals surface area contributed by atoms with Crippen LogP contribution in [-0.2, 0) is 61.9 Å². The fourth-order valence-corrected chi connectivity index (χ4v) is 6.96. The third-order valence-corrected chi connectivity index (χ3v) is 8.99. The molecule has 4 aliphatic rings. The van der Waals surface area contributed by atoms with E-state index < -0.39 is 101 Å². The normalized spacial score (nSPS) is 40.1. The molecule has 2 aliphatic carbocycles. The zero-order valence-corrected chi connectivity index (χ0v) is 26.0. The van der Waals surface area contributed by atoms with E-state index in [0.717, 1.165) is 27.7 Å². The zero-order valence-electron chi connectivity index (χ0n) is 26.0. The fraction of sp³-hybridized carbons (Fsp3) is 0.667. The molecule has 0 amide bonds. The molecule has 2 aliphatic heterocycles. The van der Waals surface area contributed by atoms with Crippen molar-refractivity contribution in [3.8, 4) is 0 Å². The van der Waals surface area contributed by atoms with Crippen molar-refractivity contribution in [2.45, 2.75) is 96.3 Å². The summed E-state index contributed by atoms with van der Waals surface area (Å²) in [6, 6.07) is 0. The molecule has 248 valence electrons. The molecule has 1 saturated carbocycles. The van der Waals surface area contributed by atoms with Gasteiger partial charge in [-0.25, -0.2) is 0 Å². The molecule has 1 spiro atoms. The Labute approximate surface area is 258 Å². The number of carbonyl (C=O) groups excluding carboxylic acids is 6. The lowest BCUT2D eigenvalue weighted by atomic mass is 9.51. The highest BCUT2D eigenvalue weighted by atomic mass is 16.7. The first-order valence-corrected chi connectivity index (χ1v) is 14.4. The second kappa shape index (κ2) is 12.2. The van der Waals surface area contributed by atoms with Crippen molar-refractivity contribution in [2.24, 2.45) is 17.3 Å². The van der Waals surface area contributed by atoms with Gasteiger partial charge in [-0.05, 0) is 18.6 Å². The highest BCUT2D eigenvalue weighted by molar-refractivity contribution is 5.78. The molecule has 15 nitrogen and oxygen atoms in total. The van der Waals surface area contributed by atoms with E-state index in [1.54, 1.807) is 0 Å². The minimum atomic E-state index is -2.38. The van der Waals surface area contributed by atoms with Gasteiger partial charge in [0.05, 0.1) is 18.6 Å². The van der Waals surface area contributed by atoms with Crippen LogP contribution in [0.25, 0.3) is 0 Å². The summed E-state index contributed by atoms with van der Waals surface area (Å²) < 4.78 is 39.5. The maximum absolute atomic E-state index is 13.1. The van der Waals surface area contributed by atoms with Gasteiger partial charge >= 0.3 is 35.8 Å². The summed E-state index contributed by atoms with van der Waals surface area (Å²) in [6.07, 6.45) is -5.63. The Morgan fingerprint density at radius 2 is 1.42 bits per heavy atom. The largest absolute Gasteiger partial charge is 0.461 e. The first-order valence-electron chi connectivity index (χ1n) is 14.4. The predicted octanol–water partition coefficient (Wildman–Crippen LogP) is -0.169. The smallest absolute Gasteiger partial charge is 0.312 e. The molecule has 0 aromatic carbocycles. The second-order valence-electron chi connectivity index (χ2n) is 12.0. The van der Waals surface area contributed by atoms with Gasteiger partial charge in [-0.15, -0.1) is 0 Å². The summed E-state index contributed by atoms with van der Waals surface area (Å²) in [5.41, 5.74) is -5.77. The second-order valence-corrected chi connectivity index (χ2v) is 12.0. The van der Waals surface area contributed by atoms with E-state index in [0.29, 0.717) is 0 Å². The Kier molecular flexibility index (Phi) is 9.21. The quantitative estimate of drug-likeness (QED) is 0.220. The van der Waals surface area contributed by atoms with Crippen LogP contribution >= 0.6 is 0 Å². The summed E-state index contributed by atoms with van der Waals surface area (Å²) in [5, 5.41) is 24.6. The van der Waals surface area contributed by atoms with Crippen molar-refractivity contribution < 1.29 is 72.1 Å². The summed E-state index contributed by atoms with van der Waals surface area (Å²) in [7, 11) is 0. The van der Waals surface area contributed by atoms with Crippen molar-refractivity contribution >= 4 is 35.8 Å². The molecule has 2 heterocycles. The van der Waals surface area contributed by atoms with E-state index in [1.807, 2.05) is 0 Å². The van der Waals surface area contributed by atoms with Crippen LogP contribution in [0.2, 0.25) is 0 Å². The molecular weight excluding hydrogens is 600 g/mol. The summed E-state index contributed by atoms with van der Waals surface area (Å²) in [6.45, 7) is 7.71. The van der Waals surface area contributed by atoms with Gasteiger partial charge in [-0.3, -0.25) is 28.8 Å². The molecule has 2 saturated heterocycles. The van der Waals surface area contributed by atoms with E-state index in [2.05, 4.69) is 0 Å². The number of rotatable bonds is 6. The number of aliphatic hydroxyl groups excluding tert-OH is 1. The van der Waals surface area contributed by atoms with E-state index in [4.69, 9.17) is 33.2 Å². The van der Waals surface area contributed by atoms with E-state index >= 15 is 0 Å². The number of carbonyl (C=O) groups is 6. The van der Waals surface area contributed by atoms with Gasteiger partial charge in [0.1, 0.15) is 18.3 Å². The number of hydrogen-bond acceptors (Lipinski definition) is 15. The van der Waals surface area contributed by atoms with Crippen LogP contribution in [0.3, 0.4) is 0 Å². The first-order chi connectivity index (χ1) is 20.9. The number of fused-ring (bicyclic) bond motifs is 3. The topological polar surface area (TPSA) is 211 Å². The molecule has 4 rings (SSSR count). The maximum Gasteiger partial charge on any atom is 0.312 e. The molecule has 0 radical (unpaired) electrons. The maximum atomic E-state index is 13.1. The third kappa shape index (κ3) is 5.95. The van der Waals surface area contributed by atoms with Crippen molar-refractivity contribution in [3.05, 3.63) is 23.8 Å². The van der Waals surface area contributed by atoms with Crippen LogP contribution < -0.4 is 0 Å². The molecule has 3 fully saturated rings. The van der Waals surface area contributed by atoms with Gasteiger partial charge in [-0.2, -0.15) is 0 Å². The lowest BCUT2D eigenvalue weighted by molar-refractivity contribution is -0.277. The standard InChI is InChI=1S/C30H38O15/c1-13-27(37)45-21-10-19(11-39-14(2)31)8-9-20(36)28(7)23(26(30(13,21)38)44-18(6)35)29(12-40-29)25(43-17(5)34)22(41-15(3)32)24(28)42-16(4)33/h8-10,13,20-26,36,38H,11-12H2,1-7H3/t13-,20-,21-,22+,23+,24-,25+,26-,28+,29-,30-/m0/s1. The lowest BCUT2D eigenvalue weighted by Crippen LogP contribution is -2.75. The Hall–Kier alpha value is -3.82. The van der Waals surface area contributed by atoms with Crippen LogP contribution in [0.1, 0.15) is 48.5 Å². The minimum absolute atomic E-state index is 0.185. The minimum Gasteiger partial charge on any atom is -0.461 e. The van der Waals surface area contributed by atoms with Crippen LogP contribution in [0, 0.1) is 17.3 Å². The summed E-state index contributed by atoms with van der Waals surface area (Å²) in [5.74, 6) is -7.73. The van der Waals surface area contributed by atoms with Crippen LogP contribution in [0.15, 0.2) is 23.8 Å². The number of epoxide rings is 1. The average Bonchev–Trinajstić information content (AvgIpc) is 3.67. The van der Waals surface area contributed by atoms with Gasteiger partial charge < -0.3 is 43.4 Å². The number of aliphatic hydroxyl groups is 2. The molecule has 15 heteroatoms. The number of esters is 6. The van der Waals surface area contributed by atoms with Gasteiger partial charge in [0.25, 0.3) is 0 Å². The molecule has 0 unspecified atom stereocenters. The Balaban J connectivity index is 2.09. The van der Waals surface area contributed by atoms with Crippen molar-refractivity contribution in [3.63, 3.8) is 0 Å². The highest BCUT2D eigenvalue weighted by Gasteiger charge is 2.80. The summed E-state index contributed by atoms with van der Waals surface area (Å²) in [4.78, 5) is 74.9. The Morgan fingerprint density at radius 1 is 0.889 bits per heavy atom. The molecule has 11 atom stereocenters. The first kappa shape index (κ1) is 34.1. The third-order valence-electron chi connectivity index (χ3n) is 8.99. The monoisotopic (exact) mass is 638 g/mol. The van der Waals surface area contributed by atoms with Crippen LogP contribution in [0.5, 0.6) is 0 Å². The fourth-order valence-electron chi connectivity index (χ4n) is 6.96. The van der Waals surface area contributed by atoms with Crippen molar-refractivity contribution in [1.82, 2.24) is 0 Å². The summed E-state index contributed by atoms with van der Waals surface area (Å²) >= 11 is 0. The van der Waals surface area contributed by atoms with Crippen LogP contribution in [-0.4, -0.2) is 107 Å². The highest BCUT2D eigenvalue weighted by Crippen LogP contribution is 2.62. The Bertz CT molecular complexity index is 1330. The van der Waals surface area contributed by atoms with Gasteiger partial charge in [0.2, 0.25) is 0 Å². The van der Waals surface area contributed by atoms with Crippen molar-refractivity contribution in [1.29, 1.82) is 0 Å². The average molecular weight is 639 g/mol. The van der Waals surface area contributed by atoms with E-state index in [1.165, 1.54) is 39.0 Å². The molecule has 2 N–H and O–H groups in total. The predicted molar refractivity (Wildman–Crippen MR) is 146 cm³/mol. The molecule has 0 aromatic rings. The van der Waals surface area contributed by atoms with Crippen molar-refractivity contribution in [2.75, 3.05) is 13.2 Å². The van der Waals surface area contributed by atoms with E-state index in [-0.39, 0.29) is 18.8 Å². The number of ether oxygens (including phenoxy) is 7. The molecule has 45 heavy (non-hydrogen) atoms. The van der Waals surface area contributed by atoms with Gasteiger partial charge in [0, 0.05) is 46.0 Å². The SMILES string of the molecule is CC(=O)OCC1=C[C@@H]2OC(=O)[C@H](C)[C@@]2(O)[C@@H](OC(C)=O)[C@H]2[C@@]3(CO3)[C@H](OC(C)=O)[C@H](OC(C)=O)[C@H](OC(C)=O)[C@]2(C)[C@@H](O)C=C1. The van der Waals surface area contributed by atoms with E-state index in [9.17, 15) is 39.0 Å². The molecule has 0 bridgehead atoms. The lowest BCUT2D eigenvalue weighted by Gasteiger charge is -2.58. The number of hydrogen-bond donors (Lipinski definition) is 2.